The Bertz CT molecular complexity index is 1300. The third kappa shape index (κ3) is 4.47. The lowest BCUT2D eigenvalue weighted by molar-refractivity contribution is -0.143. The molecular weight excluding hydrogens is 454 g/mol. The predicted molar refractivity (Wildman–Crippen MR) is 138 cm³/mol. The fourth-order valence-electron chi connectivity index (χ4n) is 6.15. The molecule has 0 unspecified atom stereocenters. The summed E-state index contributed by atoms with van der Waals surface area (Å²) in [5.74, 6) is 0.0528. The van der Waals surface area contributed by atoms with Crippen molar-refractivity contribution in [2.45, 2.75) is 70.9 Å². The Morgan fingerprint density at radius 1 is 1.19 bits per heavy atom. The Hall–Kier alpha value is -3.35. The van der Waals surface area contributed by atoms with Gasteiger partial charge in [-0.15, -0.1) is 0 Å². The molecule has 0 radical (unpaired) electrons. The summed E-state index contributed by atoms with van der Waals surface area (Å²) >= 11 is 0. The van der Waals surface area contributed by atoms with Crippen LogP contribution in [0, 0.1) is 12.8 Å². The standard InChI is InChI=1S/C29H35N3O4/c1-18-7-4-5-8-21(18)15-19(2)32-25-12-11-20-13-14-31(29(35)36-3)17-24(20)26(25)30-27(32)22-9-6-10-23(16-22)28(33)34/h4-5,7-8,11-12,19,22-23H,6,9-10,13-17H2,1-3H3,(H,33,34)/t19-,22+,23+/m1/s1. The number of benzene rings is 2. The number of carboxylic acid groups (broad SMARTS) is 1. The van der Waals surface area contributed by atoms with Crippen LogP contribution in [0.15, 0.2) is 36.4 Å². The number of methoxy groups -OCH3 is 1. The number of ether oxygens (including phenoxy) is 1. The maximum atomic E-state index is 12.3. The Kier molecular flexibility index (Phi) is 6.73. The number of aryl methyl sites for hydroxylation is 1. The molecule has 2 aromatic carbocycles. The first-order chi connectivity index (χ1) is 17.4. The molecule has 0 spiro atoms. The molecule has 7 heteroatoms. The number of carbonyl (C=O) groups excluding carboxylic acids is 1. The van der Waals surface area contributed by atoms with Crippen LogP contribution >= 0.6 is 0 Å². The number of nitrogens with zero attached hydrogens (tertiary/aromatic N) is 3. The number of hydrogen-bond donors (Lipinski definition) is 1. The minimum absolute atomic E-state index is 0.0996. The average Bonchev–Trinajstić information content (AvgIpc) is 3.29. The summed E-state index contributed by atoms with van der Waals surface area (Å²) in [7, 11) is 1.42. The summed E-state index contributed by atoms with van der Waals surface area (Å²) in [5, 5.41) is 9.73. The number of hydrogen-bond acceptors (Lipinski definition) is 4. The minimum atomic E-state index is -0.707. The number of carboxylic acids is 1. The van der Waals surface area contributed by atoms with Crippen molar-refractivity contribution in [1.82, 2.24) is 14.5 Å². The maximum Gasteiger partial charge on any atom is 0.409 e. The van der Waals surface area contributed by atoms with Gasteiger partial charge in [0.05, 0.1) is 30.6 Å². The molecular formula is C29H35N3O4. The van der Waals surface area contributed by atoms with Crippen molar-refractivity contribution in [3.63, 3.8) is 0 Å². The SMILES string of the molecule is COC(=O)N1CCc2ccc3c(nc([C@H]4CCC[C@H](C(=O)O)C4)n3[C@H](C)Cc3ccccc3C)c2C1. The van der Waals surface area contributed by atoms with Crippen molar-refractivity contribution in [2.24, 2.45) is 5.92 Å². The zero-order chi connectivity index (χ0) is 25.4. The zero-order valence-corrected chi connectivity index (χ0v) is 21.4. The largest absolute Gasteiger partial charge is 0.481 e. The van der Waals surface area contributed by atoms with Crippen LogP contribution in [0.3, 0.4) is 0 Å². The number of fused-ring (bicyclic) bond motifs is 3. The third-order valence-electron chi connectivity index (χ3n) is 8.13. The summed E-state index contributed by atoms with van der Waals surface area (Å²) in [6.45, 7) is 5.48. The summed E-state index contributed by atoms with van der Waals surface area (Å²) in [6, 6.07) is 13.0. The van der Waals surface area contributed by atoms with Gasteiger partial charge in [-0.05, 0) is 68.7 Å². The summed E-state index contributed by atoms with van der Waals surface area (Å²) in [4.78, 5) is 31.1. The number of imidazole rings is 1. The number of carbonyl (C=O) groups is 2. The van der Waals surface area contributed by atoms with E-state index in [1.165, 1.54) is 23.8 Å². The molecule has 1 aromatic heterocycles. The van der Waals surface area contributed by atoms with Crippen LogP contribution in [0.5, 0.6) is 0 Å². The molecule has 3 aromatic rings. The summed E-state index contributed by atoms with van der Waals surface area (Å²) in [6.07, 6.45) is 4.51. The summed E-state index contributed by atoms with van der Waals surface area (Å²) < 4.78 is 7.35. The van der Waals surface area contributed by atoms with Gasteiger partial charge in [0.1, 0.15) is 5.82 Å². The van der Waals surface area contributed by atoms with Crippen molar-refractivity contribution in [3.05, 3.63) is 64.5 Å². The number of aliphatic carboxylic acids is 1. The van der Waals surface area contributed by atoms with Crippen LogP contribution in [0.1, 0.15) is 72.6 Å². The molecule has 1 saturated carbocycles. The molecule has 1 amide bonds. The van der Waals surface area contributed by atoms with Crippen LogP contribution < -0.4 is 0 Å². The molecule has 190 valence electrons. The Labute approximate surface area is 212 Å². The van der Waals surface area contributed by atoms with E-state index >= 15 is 0 Å². The molecule has 0 saturated heterocycles. The first-order valence-electron chi connectivity index (χ1n) is 13.0. The topological polar surface area (TPSA) is 84.7 Å². The fraction of sp³-hybridized carbons (Fsp3) is 0.483. The van der Waals surface area contributed by atoms with E-state index in [-0.39, 0.29) is 24.0 Å². The minimum Gasteiger partial charge on any atom is -0.481 e. The van der Waals surface area contributed by atoms with E-state index in [0.717, 1.165) is 54.5 Å². The molecule has 1 aliphatic heterocycles. The lowest BCUT2D eigenvalue weighted by atomic mass is 9.81. The van der Waals surface area contributed by atoms with Crippen LogP contribution in [0.25, 0.3) is 11.0 Å². The number of rotatable bonds is 5. The molecule has 36 heavy (non-hydrogen) atoms. The fourth-order valence-corrected chi connectivity index (χ4v) is 6.15. The van der Waals surface area contributed by atoms with E-state index in [1.807, 2.05) is 0 Å². The van der Waals surface area contributed by atoms with E-state index in [0.29, 0.717) is 19.5 Å². The van der Waals surface area contributed by atoms with Gasteiger partial charge in [-0.1, -0.05) is 36.8 Å². The van der Waals surface area contributed by atoms with E-state index in [2.05, 4.69) is 54.8 Å². The van der Waals surface area contributed by atoms with E-state index in [4.69, 9.17) is 9.72 Å². The second-order valence-corrected chi connectivity index (χ2v) is 10.4. The van der Waals surface area contributed by atoms with Gasteiger partial charge >= 0.3 is 12.1 Å². The van der Waals surface area contributed by atoms with E-state index < -0.39 is 5.97 Å². The lowest BCUT2D eigenvalue weighted by Gasteiger charge is -2.29. The second-order valence-electron chi connectivity index (χ2n) is 10.4. The van der Waals surface area contributed by atoms with Crippen molar-refractivity contribution in [2.75, 3.05) is 13.7 Å². The molecule has 5 rings (SSSR count). The highest BCUT2D eigenvalue weighted by atomic mass is 16.5. The van der Waals surface area contributed by atoms with Crippen LogP contribution in [0.4, 0.5) is 4.79 Å². The van der Waals surface area contributed by atoms with Gasteiger partial charge in [0.15, 0.2) is 0 Å². The highest BCUT2D eigenvalue weighted by molar-refractivity contribution is 5.82. The molecule has 2 heterocycles. The van der Waals surface area contributed by atoms with Gasteiger partial charge in [-0.2, -0.15) is 0 Å². The quantitative estimate of drug-likeness (QED) is 0.502. The Morgan fingerprint density at radius 2 is 2.00 bits per heavy atom. The normalized spacial score (nSPS) is 20.7. The Balaban J connectivity index is 1.61. The van der Waals surface area contributed by atoms with Gasteiger partial charge in [0.2, 0.25) is 0 Å². The first-order valence-corrected chi connectivity index (χ1v) is 13.0. The zero-order valence-electron chi connectivity index (χ0n) is 21.4. The van der Waals surface area contributed by atoms with Gasteiger partial charge in [-0.25, -0.2) is 9.78 Å². The van der Waals surface area contributed by atoms with E-state index in [9.17, 15) is 14.7 Å². The van der Waals surface area contributed by atoms with E-state index in [1.54, 1.807) is 4.90 Å². The molecule has 7 nitrogen and oxygen atoms in total. The van der Waals surface area contributed by atoms with Gasteiger partial charge in [0.25, 0.3) is 0 Å². The average molecular weight is 490 g/mol. The summed E-state index contributed by atoms with van der Waals surface area (Å²) in [5.41, 5.74) is 6.87. The highest BCUT2D eigenvalue weighted by Crippen LogP contribution is 2.40. The molecule has 1 aliphatic carbocycles. The van der Waals surface area contributed by atoms with Crippen molar-refractivity contribution >= 4 is 23.1 Å². The first kappa shape index (κ1) is 24.3. The molecule has 1 N–H and O–H groups in total. The molecule has 2 aliphatic rings. The van der Waals surface area contributed by atoms with Gasteiger partial charge < -0.3 is 19.3 Å². The lowest BCUT2D eigenvalue weighted by Crippen LogP contribution is -2.35. The van der Waals surface area contributed by atoms with Crippen LogP contribution in [-0.2, 0) is 28.9 Å². The van der Waals surface area contributed by atoms with Crippen LogP contribution in [-0.4, -0.2) is 45.3 Å². The molecule has 3 atom stereocenters. The maximum absolute atomic E-state index is 12.3. The third-order valence-corrected chi connectivity index (χ3v) is 8.13. The predicted octanol–water partition coefficient (Wildman–Crippen LogP) is 5.63. The molecule has 1 fully saturated rings. The number of aromatic nitrogens is 2. The Morgan fingerprint density at radius 3 is 2.75 bits per heavy atom. The van der Waals surface area contributed by atoms with Crippen molar-refractivity contribution < 1.29 is 19.4 Å². The van der Waals surface area contributed by atoms with Crippen molar-refractivity contribution in [3.8, 4) is 0 Å². The highest BCUT2D eigenvalue weighted by Gasteiger charge is 2.33. The van der Waals surface area contributed by atoms with Crippen LogP contribution in [0.2, 0.25) is 0 Å². The monoisotopic (exact) mass is 489 g/mol. The smallest absolute Gasteiger partial charge is 0.409 e. The number of amides is 1. The van der Waals surface area contributed by atoms with Gasteiger partial charge in [0, 0.05) is 24.1 Å². The molecule has 0 bridgehead atoms. The van der Waals surface area contributed by atoms with Gasteiger partial charge in [-0.3, -0.25) is 4.79 Å². The second kappa shape index (κ2) is 9.96. The van der Waals surface area contributed by atoms with Crippen molar-refractivity contribution in [1.29, 1.82) is 0 Å².